The van der Waals surface area contributed by atoms with E-state index in [-0.39, 0.29) is 6.67 Å². The second-order valence-electron chi connectivity index (χ2n) is 1.88. The second kappa shape index (κ2) is 2.62. The van der Waals surface area contributed by atoms with Crippen LogP contribution < -0.4 is 0 Å². The molecule has 50 valence electrons. The van der Waals surface area contributed by atoms with Gasteiger partial charge in [0.2, 0.25) is 0 Å². The molecular formula is C6H8FNO. The minimum absolute atomic E-state index is 0.363. The molecule has 0 aliphatic rings. The van der Waals surface area contributed by atoms with Gasteiger partial charge in [0.1, 0.15) is 6.26 Å². The lowest BCUT2D eigenvalue weighted by Gasteiger charge is -1.86. The number of aromatic nitrogens is 1. The van der Waals surface area contributed by atoms with Gasteiger partial charge < -0.3 is 4.52 Å². The molecule has 0 aliphatic heterocycles. The van der Waals surface area contributed by atoms with E-state index in [1.807, 2.05) is 6.92 Å². The van der Waals surface area contributed by atoms with Gasteiger partial charge in [0, 0.05) is 12.0 Å². The molecule has 0 aromatic carbocycles. The van der Waals surface area contributed by atoms with Gasteiger partial charge in [-0.25, -0.2) is 0 Å². The van der Waals surface area contributed by atoms with Gasteiger partial charge in [-0.15, -0.1) is 0 Å². The Morgan fingerprint density at radius 2 is 2.56 bits per heavy atom. The van der Waals surface area contributed by atoms with Crippen molar-refractivity contribution in [2.75, 3.05) is 6.67 Å². The summed E-state index contributed by atoms with van der Waals surface area (Å²) in [6.45, 7) is 1.48. The molecule has 0 bridgehead atoms. The summed E-state index contributed by atoms with van der Waals surface area (Å²) in [5.41, 5.74) is 1.64. The fraction of sp³-hybridized carbons (Fsp3) is 0.500. The van der Waals surface area contributed by atoms with Crippen molar-refractivity contribution >= 4 is 0 Å². The Bertz CT molecular complexity index is 185. The van der Waals surface area contributed by atoms with Crippen LogP contribution in [0.3, 0.4) is 0 Å². The van der Waals surface area contributed by atoms with E-state index in [2.05, 4.69) is 9.68 Å². The largest absolute Gasteiger partial charge is 0.364 e. The molecule has 0 amide bonds. The van der Waals surface area contributed by atoms with Gasteiger partial charge in [-0.3, -0.25) is 4.39 Å². The molecule has 0 atom stereocenters. The summed E-state index contributed by atoms with van der Waals surface area (Å²) >= 11 is 0. The van der Waals surface area contributed by atoms with Gasteiger partial charge in [-0.2, -0.15) is 0 Å². The van der Waals surface area contributed by atoms with Crippen molar-refractivity contribution in [1.82, 2.24) is 5.16 Å². The molecule has 0 fully saturated rings. The van der Waals surface area contributed by atoms with Gasteiger partial charge in [0.15, 0.2) is 0 Å². The lowest BCUT2D eigenvalue weighted by atomic mass is 10.2. The molecule has 1 aromatic rings. The Morgan fingerprint density at radius 1 is 1.78 bits per heavy atom. The van der Waals surface area contributed by atoms with Crippen LogP contribution in [0, 0.1) is 6.92 Å². The van der Waals surface area contributed by atoms with Gasteiger partial charge in [-0.1, -0.05) is 5.16 Å². The first kappa shape index (κ1) is 6.26. The molecule has 0 N–H and O–H groups in total. The third-order valence-electron chi connectivity index (χ3n) is 1.18. The first-order valence-corrected chi connectivity index (χ1v) is 2.80. The minimum atomic E-state index is -0.368. The van der Waals surface area contributed by atoms with Crippen molar-refractivity contribution < 1.29 is 8.91 Å². The van der Waals surface area contributed by atoms with Crippen molar-refractivity contribution in [2.45, 2.75) is 13.3 Å². The number of hydrogen-bond donors (Lipinski definition) is 0. The topological polar surface area (TPSA) is 26.0 Å². The molecule has 0 saturated heterocycles. The quantitative estimate of drug-likeness (QED) is 0.604. The molecule has 2 nitrogen and oxygen atoms in total. The third-order valence-corrected chi connectivity index (χ3v) is 1.18. The SMILES string of the molecule is Cc1conc1CCF. The predicted octanol–water partition coefficient (Wildman–Crippen LogP) is 1.50. The number of alkyl halides is 1. The second-order valence-corrected chi connectivity index (χ2v) is 1.88. The maximum absolute atomic E-state index is 11.7. The molecule has 3 heteroatoms. The summed E-state index contributed by atoms with van der Waals surface area (Å²) in [5.74, 6) is 0. The standard InChI is InChI=1S/C6H8FNO/c1-5-4-9-8-6(5)2-3-7/h4H,2-3H2,1H3. The van der Waals surface area contributed by atoms with Crippen LogP contribution in [0.1, 0.15) is 11.3 Å². The number of aryl methyl sites for hydroxylation is 2. The minimum Gasteiger partial charge on any atom is -0.364 e. The molecular weight excluding hydrogens is 121 g/mol. The first-order chi connectivity index (χ1) is 4.34. The number of hydrogen-bond acceptors (Lipinski definition) is 2. The molecule has 9 heavy (non-hydrogen) atoms. The molecule has 0 spiro atoms. The van der Waals surface area contributed by atoms with Crippen LogP contribution in [0.4, 0.5) is 4.39 Å². The Labute approximate surface area is 52.7 Å². The average molecular weight is 129 g/mol. The van der Waals surface area contributed by atoms with Crippen LogP contribution in [0.2, 0.25) is 0 Å². The molecule has 0 saturated carbocycles. The zero-order chi connectivity index (χ0) is 6.69. The first-order valence-electron chi connectivity index (χ1n) is 2.80. The van der Waals surface area contributed by atoms with Crippen LogP contribution in [-0.2, 0) is 6.42 Å². The summed E-state index contributed by atoms with van der Waals surface area (Å²) < 4.78 is 16.2. The summed E-state index contributed by atoms with van der Waals surface area (Å²) in [4.78, 5) is 0. The van der Waals surface area contributed by atoms with Gasteiger partial charge in [-0.05, 0) is 6.92 Å². The fourth-order valence-electron chi connectivity index (χ4n) is 0.641. The highest BCUT2D eigenvalue weighted by Gasteiger charge is 2.00. The number of halogens is 1. The van der Waals surface area contributed by atoms with E-state index >= 15 is 0 Å². The normalized spacial score (nSPS) is 10.0. The maximum Gasteiger partial charge on any atom is 0.126 e. The zero-order valence-corrected chi connectivity index (χ0v) is 5.22. The highest BCUT2D eigenvalue weighted by molar-refractivity contribution is 5.11. The highest BCUT2D eigenvalue weighted by Crippen LogP contribution is 2.04. The van der Waals surface area contributed by atoms with E-state index in [0.717, 1.165) is 11.3 Å². The lowest BCUT2D eigenvalue weighted by molar-refractivity contribution is 0.403. The van der Waals surface area contributed by atoms with Crippen LogP contribution in [0.25, 0.3) is 0 Å². The van der Waals surface area contributed by atoms with E-state index in [1.54, 1.807) is 0 Å². The summed E-state index contributed by atoms with van der Waals surface area (Å²) in [6.07, 6.45) is 1.88. The smallest absolute Gasteiger partial charge is 0.126 e. The van der Waals surface area contributed by atoms with Gasteiger partial charge >= 0.3 is 0 Å². The van der Waals surface area contributed by atoms with Crippen molar-refractivity contribution in [1.29, 1.82) is 0 Å². The average Bonchev–Trinajstić information content (AvgIpc) is 2.18. The van der Waals surface area contributed by atoms with Crippen LogP contribution in [0.15, 0.2) is 10.8 Å². The van der Waals surface area contributed by atoms with E-state index < -0.39 is 0 Å². The van der Waals surface area contributed by atoms with Crippen molar-refractivity contribution in [3.05, 3.63) is 17.5 Å². The maximum atomic E-state index is 11.7. The molecule has 0 unspecified atom stereocenters. The Morgan fingerprint density at radius 3 is 3.00 bits per heavy atom. The molecule has 1 aromatic heterocycles. The monoisotopic (exact) mass is 129 g/mol. The fourth-order valence-corrected chi connectivity index (χ4v) is 0.641. The Hall–Kier alpha value is -0.860. The van der Waals surface area contributed by atoms with E-state index in [0.29, 0.717) is 6.42 Å². The van der Waals surface area contributed by atoms with E-state index in [9.17, 15) is 4.39 Å². The number of rotatable bonds is 2. The van der Waals surface area contributed by atoms with Crippen molar-refractivity contribution in [3.63, 3.8) is 0 Å². The third kappa shape index (κ3) is 1.28. The molecule has 1 heterocycles. The molecule has 1 rings (SSSR count). The van der Waals surface area contributed by atoms with Crippen LogP contribution in [0.5, 0.6) is 0 Å². The van der Waals surface area contributed by atoms with Crippen LogP contribution >= 0.6 is 0 Å². The van der Waals surface area contributed by atoms with Gasteiger partial charge in [0.05, 0.1) is 12.4 Å². The van der Waals surface area contributed by atoms with E-state index in [1.165, 1.54) is 6.26 Å². The highest BCUT2D eigenvalue weighted by atomic mass is 19.1. The number of nitrogens with zero attached hydrogens (tertiary/aromatic N) is 1. The predicted molar refractivity (Wildman–Crippen MR) is 30.9 cm³/mol. The summed E-state index contributed by atoms with van der Waals surface area (Å²) in [7, 11) is 0. The van der Waals surface area contributed by atoms with E-state index in [4.69, 9.17) is 0 Å². The summed E-state index contributed by atoms with van der Waals surface area (Å²) in [5, 5.41) is 3.59. The zero-order valence-electron chi connectivity index (χ0n) is 5.22. The Balaban J connectivity index is 2.69. The Kier molecular flexibility index (Phi) is 1.82. The van der Waals surface area contributed by atoms with Crippen molar-refractivity contribution in [2.24, 2.45) is 0 Å². The summed E-state index contributed by atoms with van der Waals surface area (Å²) in [6, 6.07) is 0. The van der Waals surface area contributed by atoms with Crippen molar-refractivity contribution in [3.8, 4) is 0 Å². The van der Waals surface area contributed by atoms with Crippen LogP contribution in [-0.4, -0.2) is 11.8 Å². The van der Waals surface area contributed by atoms with Gasteiger partial charge in [0.25, 0.3) is 0 Å². The molecule has 0 radical (unpaired) electrons. The lowest BCUT2D eigenvalue weighted by Crippen LogP contribution is -1.88. The molecule has 0 aliphatic carbocycles.